The van der Waals surface area contributed by atoms with E-state index in [4.69, 9.17) is 4.74 Å². The third kappa shape index (κ3) is 1.99. The van der Waals surface area contributed by atoms with Crippen molar-refractivity contribution in [3.63, 3.8) is 0 Å². The Hall–Kier alpha value is -1.74. The molecular formula is C18H22N2O. The van der Waals surface area contributed by atoms with Gasteiger partial charge in [0, 0.05) is 29.7 Å². The molecule has 2 aromatic rings. The van der Waals surface area contributed by atoms with Crippen LogP contribution in [0.2, 0.25) is 0 Å². The fraction of sp³-hybridized carbons (Fsp3) is 0.444. The standard InChI is InChI=1S/C18H22N2O/c1-3-12-4-7-17-18-14(8-9-20(17)11-12)15-10-13(21-2)5-6-16(15)19-18/h3,5-6,10,17,19H,4,7-9,11H2,1-2H3/b12-3+/t17-/m0/s1. The Morgan fingerprint density at radius 2 is 2.24 bits per heavy atom. The molecule has 1 aromatic heterocycles. The van der Waals surface area contributed by atoms with Crippen molar-refractivity contribution in [3.05, 3.63) is 41.1 Å². The first-order valence-corrected chi connectivity index (χ1v) is 7.86. The van der Waals surface area contributed by atoms with Gasteiger partial charge in [0.05, 0.1) is 13.2 Å². The fourth-order valence-corrected chi connectivity index (χ4v) is 3.94. The predicted molar refractivity (Wildman–Crippen MR) is 85.9 cm³/mol. The van der Waals surface area contributed by atoms with Crippen molar-refractivity contribution in [2.75, 3.05) is 20.2 Å². The average molecular weight is 282 g/mol. The number of ether oxygens (including phenoxy) is 1. The first kappa shape index (κ1) is 13.0. The van der Waals surface area contributed by atoms with Crippen LogP contribution in [0.15, 0.2) is 29.8 Å². The minimum Gasteiger partial charge on any atom is -0.497 e. The lowest BCUT2D eigenvalue weighted by atomic mass is 9.89. The molecule has 2 aliphatic heterocycles. The van der Waals surface area contributed by atoms with Crippen molar-refractivity contribution in [2.24, 2.45) is 0 Å². The SMILES string of the molecule is C/C=C1\CC[C@H]2c3[nH]c4ccc(OC)cc4c3CCN2C1. The maximum Gasteiger partial charge on any atom is 0.119 e. The molecule has 1 fully saturated rings. The second-order valence-electron chi connectivity index (χ2n) is 6.15. The molecule has 0 bridgehead atoms. The summed E-state index contributed by atoms with van der Waals surface area (Å²) in [5.74, 6) is 0.951. The molecule has 1 atom stereocenters. The lowest BCUT2D eigenvalue weighted by molar-refractivity contribution is 0.165. The molecule has 1 saturated heterocycles. The second kappa shape index (κ2) is 4.92. The summed E-state index contributed by atoms with van der Waals surface area (Å²) in [6.07, 6.45) is 5.89. The van der Waals surface area contributed by atoms with Crippen LogP contribution in [0.1, 0.15) is 37.1 Å². The minimum absolute atomic E-state index is 0.566. The first-order valence-electron chi connectivity index (χ1n) is 7.86. The van der Waals surface area contributed by atoms with E-state index in [1.807, 2.05) is 6.07 Å². The molecule has 0 saturated carbocycles. The molecule has 2 aliphatic rings. The van der Waals surface area contributed by atoms with Gasteiger partial charge in [-0.05, 0) is 49.9 Å². The monoisotopic (exact) mass is 282 g/mol. The van der Waals surface area contributed by atoms with E-state index in [-0.39, 0.29) is 0 Å². The highest BCUT2D eigenvalue weighted by Crippen LogP contribution is 2.41. The number of aromatic nitrogens is 1. The van der Waals surface area contributed by atoms with Crippen LogP contribution in [0.25, 0.3) is 10.9 Å². The van der Waals surface area contributed by atoms with Gasteiger partial charge in [-0.25, -0.2) is 0 Å². The van der Waals surface area contributed by atoms with E-state index < -0.39 is 0 Å². The van der Waals surface area contributed by atoms with E-state index in [1.165, 1.54) is 41.5 Å². The van der Waals surface area contributed by atoms with Crippen LogP contribution in [0.3, 0.4) is 0 Å². The number of methoxy groups -OCH3 is 1. The van der Waals surface area contributed by atoms with E-state index in [0.717, 1.165) is 18.7 Å². The molecule has 3 heteroatoms. The number of nitrogens with one attached hydrogen (secondary N) is 1. The molecule has 1 N–H and O–H groups in total. The average Bonchev–Trinajstić information content (AvgIpc) is 2.92. The van der Waals surface area contributed by atoms with Crippen LogP contribution >= 0.6 is 0 Å². The Morgan fingerprint density at radius 1 is 1.33 bits per heavy atom. The zero-order valence-corrected chi connectivity index (χ0v) is 12.8. The first-order chi connectivity index (χ1) is 10.3. The number of fused-ring (bicyclic) bond motifs is 5. The van der Waals surface area contributed by atoms with Gasteiger partial charge in [0.25, 0.3) is 0 Å². The molecular weight excluding hydrogens is 260 g/mol. The Labute approximate surface area is 125 Å². The number of hydrogen-bond acceptors (Lipinski definition) is 2. The minimum atomic E-state index is 0.566. The van der Waals surface area contributed by atoms with Gasteiger partial charge in [0.15, 0.2) is 0 Å². The van der Waals surface area contributed by atoms with Crippen LogP contribution in [0, 0.1) is 0 Å². The van der Waals surface area contributed by atoms with E-state index in [1.54, 1.807) is 12.7 Å². The summed E-state index contributed by atoms with van der Waals surface area (Å²) < 4.78 is 5.39. The topological polar surface area (TPSA) is 28.3 Å². The number of nitrogens with zero attached hydrogens (tertiary/aromatic N) is 1. The Kier molecular flexibility index (Phi) is 3.03. The van der Waals surface area contributed by atoms with Gasteiger partial charge in [-0.2, -0.15) is 0 Å². The summed E-state index contributed by atoms with van der Waals surface area (Å²) in [4.78, 5) is 6.32. The molecule has 110 valence electrons. The molecule has 21 heavy (non-hydrogen) atoms. The molecule has 0 spiro atoms. The zero-order valence-electron chi connectivity index (χ0n) is 12.8. The normalized spacial score (nSPS) is 24.1. The quantitative estimate of drug-likeness (QED) is 0.805. The summed E-state index contributed by atoms with van der Waals surface area (Å²) in [6.45, 7) is 4.47. The fourth-order valence-electron chi connectivity index (χ4n) is 3.94. The summed E-state index contributed by atoms with van der Waals surface area (Å²) in [6, 6.07) is 6.94. The van der Waals surface area contributed by atoms with Crippen LogP contribution in [0.5, 0.6) is 5.75 Å². The summed E-state index contributed by atoms with van der Waals surface area (Å²) in [7, 11) is 1.74. The molecule has 4 rings (SSSR count). The molecule has 0 radical (unpaired) electrons. The Bertz CT molecular complexity index is 713. The number of aromatic amines is 1. The maximum atomic E-state index is 5.39. The summed E-state index contributed by atoms with van der Waals surface area (Å²) in [5, 5.41) is 1.35. The highest BCUT2D eigenvalue weighted by atomic mass is 16.5. The van der Waals surface area contributed by atoms with E-state index in [0.29, 0.717) is 6.04 Å². The van der Waals surface area contributed by atoms with Gasteiger partial charge in [-0.1, -0.05) is 11.6 Å². The predicted octanol–water partition coefficient (Wildman–Crippen LogP) is 3.82. The summed E-state index contributed by atoms with van der Waals surface area (Å²) >= 11 is 0. The van der Waals surface area contributed by atoms with Crippen molar-refractivity contribution >= 4 is 10.9 Å². The largest absolute Gasteiger partial charge is 0.497 e. The number of H-pyrrole nitrogens is 1. The lowest BCUT2D eigenvalue weighted by Crippen LogP contribution is -2.39. The van der Waals surface area contributed by atoms with Crippen molar-refractivity contribution in [1.29, 1.82) is 0 Å². The van der Waals surface area contributed by atoms with Gasteiger partial charge in [-0.3, -0.25) is 4.90 Å². The number of allylic oxidation sites excluding steroid dienone is 1. The van der Waals surface area contributed by atoms with Crippen LogP contribution < -0.4 is 4.74 Å². The Balaban J connectivity index is 1.78. The van der Waals surface area contributed by atoms with Crippen molar-refractivity contribution < 1.29 is 4.74 Å². The summed E-state index contributed by atoms with van der Waals surface area (Å²) in [5.41, 5.74) is 5.79. The van der Waals surface area contributed by atoms with E-state index >= 15 is 0 Å². The van der Waals surface area contributed by atoms with Crippen LogP contribution in [-0.2, 0) is 6.42 Å². The number of piperidine rings is 1. The van der Waals surface area contributed by atoms with Crippen molar-refractivity contribution in [3.8, 4) is 5.75 Å². The van der Waals surface area contributed by atoms with Gasteiger partial charge >= 0.3 is 0 Å². The molecule has 0 unspecified atom stereocenters. The number of rotatable bonds is 1. The number of hydrogen-bond donors (Lipinski definition) is 1. The van der Waals surface area contributed by atoms with Gasteiger partial charge in [0.2, 0.25) is 0 Å². The molecule has 0 amide bonds. The van der Waals surface area contributed by atoms with Gasteiger partial charge < -0.3 is 9.72 Å². The Morgan fingerprint density at radius 3 is 3.05 bits per heavy atom. The third-order valence-corrected chi connectivity index (χ3v) is 5.12. The van der Waals surface area contributed by atoms with E-state index in [2.05, 4.69) is 35.0 Å². The van der Waals surface area contributed by atoms with Crippen LogP contribution in [-0.4, -0.2) is 30.1 Å². The number of benzene rings is 1. The highest BCUT2D eigenvalue weighted by Gasteiger charge is 2.33. The molecule has 3 heterocycles. The lowest BCUT2D eigenvalue weighted by Gasteiger charge is -2.40. The second-order valence-corrected chi connectivity index (χ2v) is 6.15. The van der Waals surface area contributed by atoms with Gasteiger partial charge in [0.1, 0.15) is 5.75 Å². The van der Waals surface area contributed by atoms with E-state index in [9.17, 15) is 0 Å². The highest BCUT2D eigenvalue weighted by molar-refractivity contribution is 5.86. The molecule has 3 nitrogen and oxygen atoms in total. The van der Waals surface area contributed by atoms with Crippen molar-refractivity contribution in [2.45, 2.75) is 32.2 Å². The maximum absolute atomic E-state index is 5.39. The van der Waals surface area contributed by atoms with Crippen molar-refractivity contribution in [1.82, 2.24) is 9.88 Å². The molecule has 0 aliphatic carbocycles. The zero-order chi connectivity index (χ0) is 14.4. The molecule has 1 aromatic carbocycles. The van der Waals surface area contributed by atoms with Crippen LogP contribution in [0.4, 0.5) is 0 Å². The smallest absolute Gasteiger partial charge is 0.119 e. The van der Waals surface area contributed by atoms with Gasteiger partial charge in [-0.15, -0.1) is 0 Å². The third-order valence-electron chi connectivity index (χ3n) is 5.12.